The van der Waals surface area contributed by atoms with Crippen LogP contribution in [0.25, 0.3) is 0 Å². The number of hydrogen-bond acceptors (Lipinski definition) is 6. The van der Waals surface area contributed by atoms with Crippen LogP contribution in [0.3, 0.4) is 0 Å². The van der Waals surface area contributed by atoms with Crippen LogP contribution >= 0.6 is 0 Å². The Bertz CT molecular complexity index is 345. The van der Waals surface area contributed by atoms with Crippen LogP contribution < -0.4 is 5.73 Å². The quantitative estimate of drug-likeness (QED) is 0.820. The van der Waals surface area contributed by atoms with Gasteiger partial charge in [0.25, 0.3) is 0 Å². The zero-order valence-corrected chi connectivity index (χ0v) is 9.60. The van der Waals surface area contributed by atoms with Gasteiger partial charge in [-0.3, -0.25) is 0 Å². The smallest absolute Gasteiger partial charge is 0.243 e. The Kier molecular flexibility index (Phi) is 3.22. The van der Waals surface area contributed by atoms with Gasteiger partial charge >= 0.3 is 0 Å². The van der Waals surface area contributed by atoms with Crippen LogP contribution in [0.15, 0.2) is 4.52 Å². The minimum absolute atomic E-state index is 0.255. The predicted molar refractivity (Wildman–Crippen MR) is 55.6 cm³/mol. The maximum absolute atomic E-state index is 5.68. The molecule has 6 nitrogen and oxygen atoms in total. The Hall–Kier alpha value is -0.980. The molecule has 0 radical (unpaired) electrons. The van der Waals surface area contributed by atoms with E-state index in [-0.39, 0.29) is 6.04 Å². The Morgan fingerprint density at radius 3 is 2.62 bits per heavy atom. The summed E-state index contributed by atoms with van der Waals surface area (Å²) in [6, 6.07) is -0.255. The molecule has 2 N–H and O–H groups in total. The zero-order valence-electron chi connectivity index (χ0n) is 9.60. The monoisotopic (exact) mass is 227 g/mol. The Morgan fingerprint density at radius 1 is 1.44 bits per heavy atom. The van der Waals surface area contributed by atoms with Crippen LogP contribution in [-0.2, 0) is 15.1 Å². The van der Waals surface area contributed by atoms with Crippen LogP contribution in [0.5, 0.6) is 0 Å². The highest BCUT2D eigenvalue weighted by atomic mass is 16.5. The maximum Gasteiger partial charge on any atom is 0.243 e. The molecular weight excluding hydrogens is 210 g/mol. The summed E-state index contributed by atoms with van der Waals surface area (Å²) >= 11 is 0. The van der Waals surface area contributed by atoms with Crippen molar-refractivity contribution in [2.24, 2.45) is 5.73 Å². The van der Waals surface area contributed by atoms with Crippen LogP contribution in [0, 0.1) is 0 Å². The molecule has 2 rings (SSSR count). The SMILES string of the molecule is COC1(c2noc([C@H](C)N)n2)CCOCC1. The van der Waals surface area contributed by atoms with Gasteiger partial charge in [-0.15, -0.1) is 0 Å². The van der Waals surface area contributed by atoms with Gasteiger partial charge < -0.3 is 19.7 Å². The van der Waals surface area contributed by atoms with Crippen LogP contribution in [-0.4, -0.2) is 30.5 Å². The fourth-order valence-electron chi connectivity index (χ4n) is 1.83. The molecule has 90 valence electrons. The second-order valence-electron chi connectivity index (χ2n) is 4.06. The molecular formula is C10H17N3O3. The molecule has 1 aromatic rings. The normalized spacial score (nSPS) is 21.9. The number of aromatic nitrogens is 2. The molecule has 0 unspecified atom stereocenters. The highest BCUT2D eigenvalue weighted by Gasteiger charge is 2.39. The van der Waals surface area contributed by atoms with Gasteiger partial charge in [0.2, 0.25) is 11.7 Å². The van der Waals surface area contributed by atoms with Crippen molar-refractivity contribution in [1.82, 2.24) is 10.1 Å². The van der Waals surface area contributed by atoms with Gasteiger partial charge in [0, 0.05) is 33.2 Å². The maximum atomic E-state index is 5.68. The lowest BCUT2D eigenvalue weighted by atomic mass is 9.93. The lowest BCUT2D eigenvalue weighted by molar-refractivity contribution is -0.101. The summed E-state index contributed by atoms with van der Waals surface area (Å²) < 4.78 is 16.0. The number of methoxy groups -OCH3 is 1. The van der Waals surface area contributed by atoms with Crippen molar-refractivity contribution >= 4 is 0 Å². The minimum atomic E-state index is -0.477. The first-order valence-electron chi connectivity index (χ1n) is 5.40. The highest BCUT2D eigenvalue weighted by Crippen LogP contribution is 2.33. The Labute approximate surface area is 94.1 Å². The molecule has 1 aliphatic heterocycles. The van der Waals surface area contributed by atoms with E-state index in [4.69, 9.17) is 19.7 Å². The topological polar surface area (TPSA) is 83.4 Å². The summed E-state index contributed by atoms with van der Waals surface area (Å²) in [4.78, 5) is 4.29. The summed E-state index contributed by atoms with van der Waals surface area (Å²) in [5.41, 5.74) is 5.20. The first-order valence-corrected chi connectivity index (χ1v) is 5.40. The number of ether oxygens (including phenoxy) is 2. The average molecular weight is 227 g/mol. The van der Waals surface area contributed by atoms with Gasteiger partial charge in [0.15, 0.2) is 0 Å². The number of hydrogen-bond donors (Lipinski definition) is 1. The summed E-state index contributed by atoms with van der Waals surface area (Å²) in [5, 5.41) is 3.96. The van der Waals surface area contributed by atoms with E-state index in [2.05, 4.69) is 10.1 Å². The fraction of sp³-hybridized carbons (Fsp3) is 0.800. The number of rotatable bonds is 3. The largest absolute Gasteiger partial charge is 0.381 e. The summed E-state index contributed by atoms with van der Waals surface area (Å²) in [6.07, 6.45) is 1.48. The van der Waals surface area contributed by atoms with E-state index in [0.29, 0.717) is 24.9 Å². The van der Waals surface area contributed by atoms with Crippen molar-refractivity contribution in [3.8, 4) is 0 Å². The molecule has 0 bridgehead atoms. The Balaban J connectivity index is 2.25. The standard InChI is InChI=1S/C10H17N3O3/c1-7(11)8-12-9(13-16-8)10(14-2)3-5-15-6-4-10/h7H,3-6,11H2,1-2H3/t7-/m0/s1. The third-order valence-electron chi connectivity index (χ3n) is 2.93. The van der Waals surface area contributed by atoms with Crippen LogP contribution in [0.1, 0.15) is 37.5 Å². The summed E-state index contributed by atoms with van der Waals surface area (Å²) in [7, 11) is 1.66. The van der Waals surface area contributed by atoms with Gasteiger partial charge in [-0.25, -0.2) is 0 Å². The van der Waals surface area contributed by atoms with Crippen LogP contribution in [0.2, 0.25) is 0 Å². The molecule has 0 amide bonds. The van der Waals surface area contributed by atoms with E-state index >= 15 is 0 Å². The summed E-state index contributed by atoms with van der Waals surface area (Å²) in [5.74, 6) is 1.02. The first-order chi connectivity index (χ1) is 7.68. The van der Waals surface area contributed by atoms with Gasteiger partial charge in [-0.2, -0.15) is 4.98 Å². The second kappa shape index (κ2) is 4.48. The Morgan fingerprint density at radius 2 is 2.12 bits per heavy atom. The molecule has 2 heterocycles. The van der Waals surface area contributed by atoms with Crippen LogP contribution in [0.4, 0.5) is 0 Å². The van der Waals surface area contributed by atoms with Crippen molar-refractivity contribution < 1.29 is 14.0 Å². The molecule has 0 aromatic carbocycles. The van der Waals surface area contributed by atoms with Crippen molar-refractivity contribution in [1.29, 1.82) is 0 Å². The average Bonchev–Trinajstić information content (AvgIpc) is 2.80. The molecule has 0 aliphatic carbocycles. The van der Waals surface area contributed by atoms with Gasteiger partial charge in [-0.05, 0) is 6.92 Å². The number of nitrogens with zero attached hydrogens (tertiary/aromatic N) is 2. The van der Waals surface area contributed by atoms with E-state index < -0.39 is 5.60 Å². The van der Waals surface area contributed by atoms with E-state index in [1.807, 2.05) is 0 Å². The molecule has 1 aliphatic rings. The second-order valence-corrected chi connectivity index (χ2v) is 4.06. The third-order valence-corrected chi connectivity index (χ3v) is 2.93. The molecule has 1 aromatic heterocycles. The van der Waals surface area contributed by atoms with Crippen molar-refractivity contribution in [2.75, 3.05) is 20.3 Å². The molecule has 16 heavy (non-hydrogen) atoms. The van der Waals surface area contributed by atoms with E-state index in [0.717, 1.165) is 12.8 Å². The molecule has 0 saturated carbocycles. The van der Waals surface area contributed by atoms with Gasteiger partial charge in [-0.1, -0.05) is 5.16 Å². The predicted octanol–water partition coefficient (Wildman–Crippen LogP) is 0.741. The van der Waals surface area contributed by atoms with Gasteiger partial charge in [0.05, 0.1) is 6.04 Å². The molecule has 1 fully saturated rings. The van der Waals surface area contributed by atoms with Crippen molar-refractivity contribution in [3.63, 3.8) is 0 Å². The molecule has 1 atom stereocenters. The van der Waals surface area contributed by atoms with E-state index in [9.17, 15) is 0 Å². The van der Waals surface area contributed by atoms with Crippen molar-refractivity contribution in [3.05, 3.63) is 11.7 Å². The molecule has 0 spiro atoms. The molecule has 6 heteroatoms. The summed E-state index contributed by atoms with van der Waals surface area (Å²) in [6.45, 7) is 3.10. The highest BCUT2D eigenvalue weighted by molar-refractivity contribution is 5.04. The zero-order chi connectivity index (χ0) is 11.6. The third kappa shape index (κ3) is 1.95. The van der Waals surface area contributed by atoms with E-state index in [1.165, 1.54) is 0 Å². The van der Waals surface area contributed by atoms with Gasteiger partial charge in [0.1, 0.15) is 5.60 Å². The fourth-order valence-corrected chi connectivity index (χ4v) is 1.83. The minimum Gasteiger partial charge on any atom is -0.381 e. The lowest BCUT2D eigenvalue weighted by Crippen LogP contribution is -2.36. The first kappa shape index (κ1) is 11.5. The molecule has 1 saturated heterocycles. The lowest BCUT2D eigenvalue weighted by Gasteiger charge is -2.32. The number of nitrogens with two attached hydrogens (primary N) is 1. The van der Waals surface area contributed by atoms with Crippen molar-refractivity contribution in [2.45, 2.75) is 31.4 Å². The van der Waals surface area contributed by atoms with E-state index in [1.54, 1.807) is 14.0 Å².